The van der Waals surface area contributed by atoms with E-state index in [0.717, 1.165) is 25.1 Å². The summed E-state index contributed by atoms with van der Waals surface area (Å²) >= 11 is 10.8. The van der Waals surface area contributed by atoms with E-state index in [1.54, 1.807) is 6.92 Å². The Morgan fingerprint density at radius 2 is 1.82 bits per heavy atom. The molecule has 1 fully saturated rings. The first-order valence-electron chi connectivity index (χ1n) is 7.36. The van der Waals surface area contributed by atoms with E-state index in [1.807, 2.05) is 16.9 Å². The maximum Gasteiger partial charge on any atom is 0.307 e. The maximum absolute atomic E-state index is 11.3. The normalized spacial score (nSPS) is 13.7. The summed E-state index contributed by atoms with van der Waals surface area (Å²) in [6.07, 6.45) is 1.27. The first kappa shape index (κ1) is 18.6. The fourth-order valence-electron chi connectivity index (χ4n) is 1.95. The predicted molar refractivity (Wildman–Crippen MR) is 95.3 cm³/mol. The number of carbonyl (C=O) groups excluding carboxylic acids is 1. The largest absolute Gasteiger partial charge is 0.466 e. The van der Waals surface area contributed by atoms with E-state index >= 15 is 0 Å². The van der Waals surface area contributed by atoms with Crippen molar-refractivity contribution in [3.05, 3.63) is 12.2 Å². The molecule has 1 heterocycles. The average Bonchev–Trinajstić information content (AvgIpc) is 2.94. The van der Waals surface area contributed by atoms with Gasteiger partial charge in [-0.05, 0) is 44.7 Å². The number of nitrogens with one attached hydrogen (secondary N) is 2. The van der Waals surface area contributed by atoms with Crippen molar-refractivity contribution in [2.45, 2.75) is 26.7 Å². The molecule has 124 valence electrons. The van der Waals surface area contributed by atoms with Gasteiger partial charge in [0.25, 0.3) is 0 Å². The van der Waals surface area contributed by atoms with Gasteiger partial charge in [0, 0.05) is 26.2 Å². The van der Waals surface area contributed by atoms with E-state index < -0.39 is 0 Å². The smallest absolute Gasteiger partial charge is 0.307 e. The molecule has 0 aliphatic carbocycles. The number of rotatable bonds is 6. The van der Waals surface area contributed by atoms with Crippen molar-refractivity contribution in [2.24, 2.45) is 0 Å². The van der Waals surface area contributed by atoms with Crippen LogP contribution in [-0.4, -0.2) is 59.0 Å². The lowest BCUT2D eigenvalue weighted by Gasteiger charge is -2.32. The summed E-state index contributed by atoms with van der Waals surface area (Å²) in [6.45, 7) is 10.7. The van der Waals surface area contributed by atoms with Crippen LogP contribution in [0.2, 0.25) is 0 Å². The zero-order valence-electron chi connectivity index (χ0n) is 13.2. The van der Waals surface area contributed by atoms with Crippen molar-refractivity contribution >= 4 is 40.6 Å². The quantitative estimate of drug-likeness (QED) is 0.423. The minimum absolute atomic E-state index is 0.227. The molecule has 0 atom stereocenters. The van der Waals surface area contributed by atoms with Crippen LogP contribution >= 0.6 is 24.4 Å². The first-order valence-corrected chi connectivity index (χ1v) is 8.18. The van der Waals surface area contributed by atoms with Crippen LogP contribution in [0.25, 0.3) is 0 Å². The zero-order valence-corrected chi connectivity index (χ0v) is 14.8. The second-order valence-corrected chi connectivity index (χ2v) is 5.78. The van der Waals surface area contributed by atoms with Gasteiger partial charge in [-0.15, -0.1) is 0 Å². The van der Waals surface area contributed by atoms with Gasteiger partial charge in [-0.2, -0.15) is 0 Å². The van der Waals surface area contributed by atoms with E-state index in [-0.39, 0.29) is 5.97 Å². The minimum atomic E-state index is -0.227. The van der Waals surface area contributed by atoms with Crippen LogP contribution < -0.4 is 10.6 Å². The average molecular weight is 345 g/mol. The molecule has 1 aliphatic rings. The molecule has 1 aliphatic heterocycles. The Kier molecular flexibility index (Phi) is 8.11. The third kappa shape index (κ3) is 6.15. The summed E-state index contributed by atoms with van der Waals surface area (Å²) < 4.78 is 4.88. The van der Waals surface area contributed by atoms with Gasteiger partial charge in [0.2, 0.25) is 0 Å². The van der Waals surface area contributed by atoms with Gasteiger partial charge in [-0.25, -0.2) is 0 Å². The number of thiocarbonyl (C=S) groups is 2. The van der Waals surface area contributed by atoms with Crippen LogP contribution in [0.4, 0.5) is 0 Å². The topological polar surface area (TPSA) is 56.8 Å². The lowest BCUT2D eigenvalue weighted by atomic mass is 10.3. The van der Waals surface area contributed by atoms with Crippen molar-refractivity contribution in [3.8, 4) is 0 Å². The highest BCUT2D eigenvalue weighted by Crippen LogP contribution is 2.11. The Morgan fingerprint density at radius 1 is 1.23 bits per heavy atom. The van der Waals surface area contributed by atoms with E-state index in [0.29, 0.717) is 36.3 Å². The lowest BCUT2D eigenvalue weighted by molar-refractivity contribution is -0.142. The van der Waals surface area contributed by atoms with Crippen LogP contribution in [-0.2, 0) is 9.53 Å². The molecule has 1 rings (SSSR count). The SMILES string of the molecule is C=C(C)CNC(=S)N1CCCN1C(=S)NCCC(=O)OCC. The third-order valence-corrected chi connectivity index (χ3v) is 3.66. The fraction of sp³-hybridized carbons (Fsp3) is 0.643. The van der Waals surface area contributed by atoms with Crippen molar-refractivity contribution in [1.29, 1.82) is 0 Å². The van der Waals surface area contributed by atoms with Gasteiger partial charge in [0.05, 0.1) is 13.0 Å². The first-order chi connectivity index (χ1) is 10.5. The second-order valence-electron chi connectivity index (χ2n) is 5.00. The van der Waals surface area contributed by atoms with Gasteiger partial charge < -0.3 is 15.4 Å². The van der Waals surface area contributed by atoms with Crippen molar-refractivity contribution in [1.82, 2.24) is 20.7 Å². The molecule has 0 unspecified atom stereocenters. The number of esters is 1. The molecule has 1 saturated heterocycles. The molecule has 0 amide bonds. The molecule has 22 heavy (non-hydrogen) atoms. The Hall–Kier alpha value is -1.41. The Morgan fingerprint density at radius 3 is 2.36 bits per heavy atom. The highest BCUT2D eigenvalue weighted by atomic mass is 32.1. The molecule has 0 radical (unpaired) electrons. The molecule has 0 aromatic heterocycles. The monoisotopic (exact) mass is 344 g/mol. The van der Waals surface area contributed by atoms with E-state index in [1.165, 1.54) is 0 Å². The molecule has 0 saturated carbocycles. The number of hydrogen-bond acceptors (Lipinski definition) is 4. The summed E-state index contributed by atoms with van der Waals surface area (Å²) in [4.78, 5) is 11.3. The highest BCUT2D eigenvalue weighted by molar-refractivity contribution is 7.80. The van der Waals surface area contributed by atoms with Gasteiger partial charge >= 0.3 is 5.97 Å². The number of carbonyl (C=O) groups is 1. The Balaban J connectivity index is 2.41. The zero-order chi connectivity index (χ0) is 16.5. The maximum atomic E-state index is 11.3. The van der Waals surface area contributed by atoms with Crippen LogP contribution in [0, 0.1) is 0 Å². The number of nitrogens with zero attached hydrogens (tertiary/aromatic N) is 2. The Bertz CT molecular complexity index is 443. The van der Waals surface area contributed by atoms with Crippen LogP contribution in [0.3, 0.4) is 0 Å². The molecule has 0 aromatic carbocycles. The fourth-order valence-corrected chi connectivity index (χ4v) is 2.50. The summed E-state index contributed by atoms with van der Waals surface area (Å²) in [6, 6.07) is 0. The minimum Gasteiger partial charge on any atom is -0.466 e. The van der Waals surface area contributed by atoms with E-state index in [4.69, 9.17) is 29.2 Å². The molecule has 6 nitrogen and oxygen atoms in total. The standard InChI is InChI=1S/C14H24N4O2S2/c1-4-20-12(19)6-7-15-13(21)17-8-5-9-18(17)14(22)16-10-11(2)3/h2,4-10H2,1,3H3,(H,15,21)(H,16,22). The van der Waals surface area contributed by atoms with Gasteiger partial charge in [0.1, 0.15) is 0 Å². The summed E-state index contributed by atoms with van der Waals surface area (Å²) in [5.41, 5.74) is 1.02. The molecule has 0 bridgehead atoms. The molecule has 0 spiro atoms. The number of ether oxygens (including phenoxy) is 1. The molecule has 8 heteroatoms. The molecular formula is C14H24N4O2S2. The van der Waals surface area contributed by atoms with E-state index in [2.05, 4.69) is 17.2 Å². The second kappa shape index (κ2) is 9.58. The van der Waals surface area contributed by atoms with Crippen molar-refractivity contribution in [2.75, 3.05) is 32.8 Å². The molecule has 0 aromatic rings. The van der Waals surface area contributed by atoms with Crippen molar-refractivity contribution < 1.29 is 9.53 Å². The van der Waals surface area contributed by atoms with Crippen LogP contribution in [0.5, 0.6) is 0 Å². The summed E-state index contributed by atoms with van der Waals surface area (Å²) in [7, 11) is 0. The molecular weight excluding hydrogens is 320 g/mol. The number of hydrazine groups is 1. The van der Waals surface area contributed by atoms with Gasteiger partial charge in [-0.3, -0.25) is 14.8 Å². The predicted octanol–water partition coefficient (Wildman–Crippen LogP) is 1.19. The summed E-state index contributed by atoms with van der Waals surface area (Å²) in [5.74, 6) is -0.227. The van der Waals surface area contributed by atoms with Crippen molar-refractivity contribution in [3.63, 3.8) is 0 Å². The number of hydrogen-bond donors (Lipinski definition) is 2. The van der Waals surface area contributed by atoms with Crippen LogP contribution in [0.15, 0.2) is 12.2 Å². The summed E-state index contributed by atoms with van der Waals surface area (Å²) in [5, 5.41) is 11.3. The highest BCUT2D eigenvalue weighted by Gasteiger charge is 2.26. The van der Waals surface area contributed by atoms with Crippen LogP contribution in [0.1, 0.15) is 26.7 Å². The van der Waals surface area contributed by atoms with E-state index in [9.17, 15) is 4.79 Å². The lowest BCUT2D eigenvalue weighted by Crippen LogP contribution is -2.52. The van der Waals surface area contributed by atoms with Gasteiger partial charge in [-0.1, -0.05) is 12.2 Å². The Labute approximate surface area is 142 Å². The third-order valence-electron chi connectivity index (χ3n) is 2.95. The van der Waals surface area contributed by atoms with Gasteiger partial charge in [0.15, 0.2) is 10.2 Å². The molecule has 2 N–H and O–H groups in total.